The monoisotopic (exact) mass is 239 g/mol. The molecule has 1 unspecified atom stereocenters. The van der Waals surface area contributed by atoms with E-state index in [1.807, 2.05) is 13.8 Å². The van der Waals surface area contributed by atoms with Crippen molar-refractivity contribution in [2.75, 3.05) is 5.73 Å². The van der Waals surface area contributed by atoms with Gasteiger partial charge in [0.15, 0.2) is 0 Å². The fraction of sp³-hybridized carbons (Fsp3) is 0.294. The lowest BCUT2D eigenvalue weighted by molar-refractivity contribution is 0.780. The molecule has 0 radical (unpaired) electrons. The Hall–Kier alpha value is -1.76. The summed E-state index contributed by atoms with van der Waals surface area (Å²) in [5, 5.41) is 2.60. The minimum atomic E-state index is 0.563. The van der Waals surface area contributed by atoms with Crippen LogP contribution >= 0.6 is 0 Å². The van der Waals surface area contributed by atoms with Crippen molar-refractivity contribution in [1.29, 1.82) is 0 Å². The first-order valence-electron chi connectivity index (χ1n) is 6.75. The summed E-state index contributed by atoms with van der Waals surface area (Å²) >= 11 is 0. The van der Waals surface area contributed by atoms with Gasteiger partial charge in [-0.05, 0) is 34.7 Å². The fourth-order valence-corrected chi connectivity index (χ4v) is 2.64. The molecule has 2 aromatic carbocycles. The van der Waals surface area contributed by atoms with Crippen LogP contribution in [0.3, 0.4) is 0 Å². The predicted molar refractivity (Wildman–Crippen MR) is 81.8 cm³/mol. The van der Waals surface area contributed by atoms with Crippen molar-refractivity contribution in [2.45, 2.75) is 33.1 Å². The SMILES string of the molecule is CC.CC1CC=Cc2c(N)cc3ccccc3c21. The number of fused-ring (bicyclic) bond motifs is 3. The van der Waals surface area contributed by atoms with E-state index in [0.717, 1.165) is 12.1 Å². The molecule has 1 aliphatic rings. The number of allylic oxidation sites excluding steroid dienone is 1. The third kappa shape index (κ3) is 2.01. The van der Waals surface area contributed by atoms with Crippen LogP contribution in [0.15, 0.2) is 36.4 Å². The highest BCUT2D eigenvalue weighted by molar-refractivity contribution is 5.94. The number of nitrogens with two attached hydrogens (primary N) is 1. The lowest BCUT2D eigenvalue weighted by atomic mass is 9.84. The van der Waals surface area contributed by atoms with Gasteiger partial charge in [-0.3, -0.25) is 0 Å². The van der Waals surface area contributed by atoms with Crippen molar-refractivity contribution in [2.24, 2.45) is 0 Å². The van der Waals surface area contributed by atoms with Gasteiger partial charge in [-0.2, -0.15) is 0 Å². The highest BCUT2D eigenvalue weighted by atomic mass is 14.6. The van der Waals surface area contributed by atoms with E-state index < -0.39 is 0 Å². The van der Waals surface area contributed by atoms with Gasteiger partial charge in [0.2, 0.25) is 0 Å². The summed E-state index contributed by atoms with van der Waals surface area (Å²) in [6.07, 6.45) is 5.50. The van der Waals surface area contributed by atoms with Gasteiger partial charge in [0.1, 0.15) is 0 Å². The molecule has 0 heterocycles. The van der Waals surface area contributed by atoms with Crippen LogP contribution in [-0.2, 0) is 0 Å². The van der Waals surface area contributed by atoms with Crippen molar-refractivity contribution in [3.8, 4) is 0 Å². The zero-order valence-corrected chi connectivity index (χ0v) is 11.4. The van der Waals surface area contributed by atoms with E-state index in [1.54, 1.807) is 0 Å². The molecular formula is C17H21N. The highest BCUT2D eigenvalue weighted by Gasteiger charge is 2.17. The Balaban J connectivity index is 0.000000574. The minimum Gasteiger partial charge on any atom is -0.398 e. The average Bonchev–Trinajstić information content (AvgIpc) is 2.41. The van der Waals surface area contributed by atoms with Crippen molar-refractivity contribution in [3.05, 3.63) is 47.5 Å². The molecule has 1 aliphatic carbocycles. The maximum Gasteiger partial charge on any atom is 0.0396 e. The number of hydrogen-bond donors (Lipinski definition) is 1. The normalized spacial score (nSPS) is 16.9. The third-order valence-corrected chi connectivity index (χ3v) is 3.43. The zero-order chi connectivity index (χ0) is 13.1. The van der Waals surface area contributed by atoms with Gasteiger partial charge in [0.05, 0.1) is 0 Å². The Labute approximate surface area is 109 Å². The van der Waals surface area contributed by atoms with E-state index in [9.17, 15) is 0 Å². The van der Waals surface area contributed by atoms with Gasteiger partial charge in [0.25, 0.3) is 0 Å². The summed E-state index contributed by atoms with van der Waals surface area (Å²) < 4.78 is 0. The Morgan fingerprint density at radius 3 is 2.67 bits per heavy atom. The number of benzene rings is 2. The van der Waals surface area contributed by atoms with E-state index in [2.05, 4.69) is 49.4 Å². The standard InChI is InChI=1S/C15H15N.C2H6/c1-10-5-4-8-13-14(16)9-11-6-2-3-7-12(11)15(10)13;1-2/h2-4,6-10H,5,16H2,1H3;1-2H3. The molecule has 0 aliphatic heterocycles. The molecule has 1 atom stereocenters. The van der Waals surface area contributed by atoms with Crippen LogP contribution in [0.2, 0.25) is 0 Å². The molecule has 2 N–H and O–H groups in total. The molecule has 94 valence electrons. The Bertz CT molecular complexity index is 581. The van der Waals surface area contributed by atoms with E-state index >= 15 is 0 Å². The maximum atomic E-state index is 6.12. The van der Waals surface area contributed by atoms with Crippen LogP contribution in [0.5, 0.6) is 0 Å². The number of rotatable bonds is 0. The van der Waals surface area contributed by atoms with Crippen LogP contribution in [0, 0.1) is 0 Å². The summed E-state index contributed by atoms with van der Waals surface area (Å²) in [6, 6.07) is 10.6. The first kappa shape index (κ1) is 12.7. The van der Waals surface area contributed by atoms with Crippen LogP contribution in [0.1, 0.15) is 44.2 Å². The van der Waals surface area contributed by atoms with Gasteiger partial charge in [-0.1, -0.05) is 57.2 Å². The van der Waals surface area contributed by atoms with E-state index in [0.29, 0.717) is 5.92 Å². The molecule has 0 aromatic heterocycles. The lowest BCUT2D eigenvalue weighted by Gasteiger charge is -2.21. The zero-order valence-electron chi connectivity index (χ0n) is 11.4. The Kier molecular flexibility index (Phi) is 3.71. The number of hydrogen-bond acceptors (Lipinski definition) is 1. The fourth-order valence-electron chi connectivity index (χ4n) is 2.64. The third-order valence-electron chi connectivity index (χ3n) is 3.43. The molecule has 0 spiro atoms. The summed E-state index contributed by atoms with van der Waals surface area (Å²) in [5.41, 5.74) is 9.65. The van der Waals surface area contributed by atoms with Crippen LogP contribution in [-0.4, -0.2) is 0 Å². The van der Waals surface area contributed by atoms with Crippen LogP contribution in [0.25, 0.3) is 16.8 Å². The molecular weight excluding hydrogens is 218 g/mol. The Morgan fingerprint density at radius 1 is 1.17 bits per heavy atom. The molecule has 0 amide bonds. The van der Waals surface area contributed by atoms with Gasteiger partial charge < -0.3 is 5.73 Å². The van der Waals surface area contributed by atoms with Gasteiger partial charge in [-0.15, -0.1) is 0 Å². The second-order valence-corrected chi connectivity index (χ2v) is 4.55. The molecule has 18 heavy (non-hydrogen) atoms. The smallest absolute Gasteiger partial charge is 0.0396 e. The van der Waals surface area contributed by atoms with Crippen molar-refractivity contribution in [3.63, 3.8) is 0 Å². The topological polar surface area (TPSA) is 26.0 Å². The summed E-state index contributed by atoms with van der Waals surface area (Å²) in [4.78, 5) is 0. The maximum absolute atomic E-state index is 6.12. The van der Waals surface area contributed by atoms with Crippen molar-refractivity contribution in [1.82, 2.24) is 0 Å². The van der Waals surface area contributed by atoms with Crippen LogP contribution in [0.4, 0.5) is 5.69 Å². The van der Waals surface area contributed by atoms with Gasteiger partial charge in [0, 0.05) is 11.3 Å². The van der Waals surface area contributed by atoms with Crippen molar-refractivity contribution < 1.29 is 0 Å². The number of nitrogen functional groups attached to an aromatic ring is 1. The molecule has 0 fully saturated rings. The summed E-state index contributed by atoms with van der Waals surface area (Å²) in [5.74, 6) is 0.563. The quantitative estimate of drug-likeness (QED) is 0.645. The van der Waals surface area contributed by atoms with Crippen molar-refractivity contribution >= 4 is 22.5 Å². The molecule has 3 rings (SSSR count). The van der Waals surface area contributed by atoms with E-state index in [-0.39, 0.29) is 0 Å². The van der Waals surface area contributed by atoms with E-state index in [1.165, 1.54) is 21.9 Å². The average molecular weight is 239 g/mol. The van der Waals surface area contributed by atoms with E-state index in [4.69, 9.17) is 5.73 Å². The molecule has 0 bridgehead atoms. The second kappa shape index (κ2) is 5.26. The minimum absolute atomic E-state index is 0.563. The second-order valence-electron chi connectivity index (χ2n) is 4.55. The summed E-state index contributed by atoms with van der Waals surface area (Å²) in [7, 11) is 0. The van der Waals surface area contributed by atoms with Gasteiger partial charge in [-0.25, -0.2) is 0 Å². The summed E-state index contributed by atoms with van der Waals surface area (Å²) in [6.45, 7) is 6.27. The molecule has 1 heteroatoms. The molecule has 0 saturated heterocycles. The lowest BCUT2D eigenvalue weighted by Crippen LogP contribution is -2.04. The predicted octanol–water partition coefficient (Wildman–Crippen LogP) is 4.97. The molecule has 2 aromatic rings. The van der Waals surface area contributed by atoms with Gasteiger partial charge >= 0.3 is 0 Å². The van der Waals surface area contributed by atoms with Crippen LogP contribution < -0.4 is 5.73 Å². The number of anilines is 1. The molecule has 0 saturated carbocycles. The highest BCUT2D eigenvalue weighted by Crippen LogP contribution is 2.38. The first-order valence-corrected chi connectivity index (χ1v) is 6.75. The first-order chi connectivity index (χ1) is 8.77. The molecule has 1 nitrogen and oxygen atoms in total. The largest absolute Gasteiger partial charge is 0.398 e. The Morgan fingerprint density at radius 2 is 1.89 bits per heavy atom.